The molecule has 136 valence electrons. The van der Waals surface area contributed by atoms with Gasteiger partial charge in [-0.15, -0.1) is 11.3 Å². The first-order valence-corrected chi connectivity index (χ1v) is 10.3. The number of benzene rings is 1. The van der Waals surface area contributed by atoms with Gasteiger partial charge in [0.15, 0.2) is 5.76 Å². The molecule has 0 atom stereocenters. The summed E-state index contributed by atoms with van der Waals surface area (Å²) in [5, 5.41) is 5.93. The Morgan fingerprint density at radius 3 is 2.81 bits per heavy atom. The van der Waals surface area contributed by atoms with Gasteiger partial charge in [0.1, 0.15) is 9.92 Å². The van der Waals surface area contributed by atoms with Gasteiger partial charge in [-0.2, -0.15) is 0 Å². The smallest absolute Gasteiger partial charge is 0.287 e. The van der Waals surface area contributed by atoms with Crippen molar-refractivity contribution in [2.45, 2.75) is 23.6 Å². The second kappa shape index (κ2) is 7.94. The van der Waals surface area contributed by atoms with Crippen LogP contribution in [0.4, 0.5) is 0 Å². The first-order valence-electron chi connectivity index (χ1n) is 8.43. The number of amides is 1. The molecular formula is C20H17N3O2S2. The fraction of sp³-hybridized carbons (Fsp3) is 0.150. The van der Waals surface area contributed by atoms with E-state index >= 15 is 0 Å². The Hall–Kier alpha value is -2.64. The molecule has 0 unspecified atom stereocenters. The highest BCUT2D eigenvalue weighted by atomic mass is 32.2. The van der Waals surface area contributed by atoms with E-state index in [0.29, 0.717) is 18.1 Å². The zero-order valence-corrected chi connectivity index (χ0v) is 16.3. The number of pyridine rings is 1. The lowest BCUT2D eigenvalue weighted by Crippen LogP contribution is -2.23. The van der Waals surface area contributed by atoms with E-state index in [1.165, 1.54) is 0 Å². The molecule has 4 rings (SSSR count). The van der Waals surface area contributed by atoms with Crippen LogP contribution in [0, 0.1) is 6.92 Å². The molecule has 0 aliphatic rings. The SMILES string of the molecule is Cc1csc(SCc2c(C(=O)NCc3ccncc3)oc3ccccc23)n1. The lowest BCUT2D eigenvalue weighted by atomic mass is 10.1. The first kappa shape index (κ1) is 17.8. The number of carbonyl (C=O) groups is 1. The maximum absolute atomic E-state index is 12.8. The van der Waals surface area contributed by atoms with Gasteiger partial charge in [-0.25, -0.2) is 4.98 Å². The van der Waals surface area contributed by atoms with Crippen molar-refractivity contribution < 1.29 is 9.21 Å². The molecule has 27 heavy (non-hydrogen) atoms. The molecule has 1 aromatic carbocycles. The number of aryl methyl sites for hydroxylation is 1. The molecule has 5 nitrogen and oxygen atoms in total. The number of carbonyl (C=O) groups excluding carboxylic acids is 1. The van der Waals surface area contributed by atoms with Gasteiger partial charge in [-0.05, 0) is 30.7 Å². The van der Waals surface area contributed by atoms with Crippen molar-refractivity contribution >= 4 is 40.0 Å². The van der Waals surface area contributed by atoms with Crippen LogP contribution < -0.4 is 5.32 Å². The molecular weight excluding hydrogens is 378 g/mol. The standard InChI is InChI=1S/C20H17N3O2S2/c1-13-11-26-20(23-13)27-12-16-15-4-2-3-5-17(15)25-18(16)19(24)22-10-14-6-8-21-9-7-14/h2-9,11H,10,12H2,1H3,(H,22,24). The summed E-state index contributed by atoms with van der Waals surface area (Å²) < 4.78 is 6.88. The molecule has 4 aromatic rings. The van der Waals surface area contributed by atoms with Crippen molar-refractivity contribution in [1.82, 2.24) is 15.3 Å². The summed E-state index contributed by atoms with van der Waals surface area (Å²) in [6, 6.07) is 11.5. The maximum atomic E-state index is 12.8. The number of para-hydroxylation sites is 1. The van der Waals surface area contributed by atoms with E-state index in [2.05, 4.69) is 15.3 Å². The van der Waals surface area contributed by atoms with E-state index in [1.807, 2.05) is 48.7 Å². The Bertz CT molecular complexity index is 1070. The summed E-state index contributed by atoms with van der Waals surface area (Å²) in [4.78, 5) is 21.3. The monoisotopic (exact) mass is 395 g/mol. The zero-order valence-electron chi connectivity index (χ0n) is 14.6. The molecule has 0 radical (unpaired) electrons. The number of thioether (sulfide) groups is 1. The summed E-state index contributed by atoms with van der Waals surface area (Å²) in [5.74, 6) is 0.780. The van der Waals surface area contributed by atoms with Gasteiger partial charge < -0.3 is 9.73 Å². The normalized spacial score (nSPS) is 11.0. The predicted molar refractivity (Wildman–Crippen MR) is 108 cm³/mol. The highest BCUT2D eigenvalue weighted by Gasteiger charge is 2.20. The largest absolute Gasteiger partial charge is 0.451 e. The molecule has 0 bridgehead atoms. The molecule has 0 aliphatic heterocycles. The van der Waals surface area contributed by atoms with E-state index in [0.717, 1.165) is 32.1 Å². The highest BCUT2D eigenvalue weighted by molar-refractivity contribution is 8.00. The molecule has 0 saturated carbocycles. The lowest BCUT2D eigenvalue weighted by Gasteiger charge is -2.05. The molecule has 3 heterocycles. The van der Waals surface area contributed by atoms with Crippen LogP contribution in [0.2, 0.25) is 0 Å². The first-order chi connectivity index (χ1) is 13.2. The summed E-state index contributed by atoms with van der Waals surface area (Å²) in [7, 11) is 0. The summed E-state index contributed by atoms with van der Waals surface area (Å²) in [5.41, 5.74) is 3.62. The second-order valence-electron chi connectivity index (χ2n) is 5.99. The topological polar surface area (TPSA) is 68.0 Å². The van der Waals surface area contributed by atoms with Crippen LogP contribution in [0.15, 0.2) is 62.9 Å². The summed E-state index contributed by atoms with van der Waals surface area (Å²) in [6.45, 7) is 2.41. The molecule has 0 fully saturated rings. The molecule has 0 saturated heterocycles. The minimum Gasteiger partial charge on any atom is -0.451 e. The quantitative estimate of drug-likeness (QED) is 0.474. The van der Waals surface area contributed by atoms with Crippen molar-refractivity contribution in [3.8, 4) is 0 Å². The molecule has 7 heteroatoms. The summed E-state index contributed by atoms with van der Waals surface area (Å²) in [6.07, 6.45) is 3.42. The number of nitrogens with one attached hydrogen (secondary N) is 1. The molecule has 3 aromatic heterocycles. The molecule has 0 spiro atoms. The van der Waals surface area contributed by atoms with Crippen LogP contribution in [-0.4, -0.2) is 15.9 Å². The number of nitrogens with zero attached hydrogens (tertiary/aromatic N) is 2. The number of rotatable bonds is 6. The maximum Gasteiger partial charge on any atom is 0.287 e. The van der Waals surface area contributed by atoms with Crippen molar-refractivity contribution in [3.05, 3.63) is 76.8 Å². The highest BCUT2D eigenvalue weighted by Crippen LogP contribution is 2.33. The van der Waals surface area contributed by atoms with Crippen LogP contribution in [0.1, 0.15) is 27.4 Å². The van der Waals surface area contributed by atoms with Crippen molar-refractivity contribution in [2.75, 3.05) is 0 Å². The number of hydrogen-bond donors (Lipinski definition) is 1. The Kier molecular flexibility index (Phi) is 5.22. The van der Waals surface area contributed by atoms with E-state index in [-0.39, 0.29) is 5.91 Å². The van der Waals surface area contributed by atoms with Crippen LogP contribution in [0.5, 0.6) is 0 Å². The van der Waals surface area contributed by atoms with E-state index < -0.39 is 0 Å². The summed E-state index contributed by atoms with van der Waals surface area (Å²) >= 11 is 3.23. The number of furan rings is 1. The third-order valence-corrected chi connectivity index (χ3v) is 6.21. The fourth-order valence-corrected chi connectivity index (χ4v) is 4.60. The average molecular weight is 396 g/mol. The number of hydrogen-bond acceptors (Lipinski definition) is 6. The van der Waals surface area contributed by atoms with Crippen molar-refractivity contribution in [3.63, 3.8) is 0 Å². The van der Waals surface area contributed by atoms with E-state index in [9.17, 15) is 4.79 Å². The molecule has 1 amide bonds. The Morgan fingerprint density at radius 1 is 1.22 bits per heavy atom. The van der Waals surface area contributed by atoms with Gasteiger partial charge in [0.2, 0.25) is 0 Å². The van der Waals surface area contributed by atoms with Crippen molar-refractivity contribution in [2.24, 2.45) is 0 Å². The molecule has 1 N–H and O–H groups in total. The minimum absolute atomic E-state index is 0.214. The zero-order chi connectivity index (χ0) is 18.6. The minimum atomic E-state index is -0.214. The predicted octanol–water partition coefficient (Wildman–Crippen LogP) is 4.82. The lowest BCUT2D eigenvalue weighted by molar-refractivity contribution is 0.0924. The number of thiazole rings is 1. The Balaban J connectivity index is 1.58. The van der Waals surface area contributed by atoms with E-state index in [1.54, 1.807) is 35.5 Å². The number of fused-ring (bicyclic) bond motifs is 1. The average Bonchev–Trinajstić information content (AvgIpc) is 3.28. The van der Waals surface area contributed by atoms with Crippen LogP contribution in [0.3, 0.4) is 0 Å². The van der Waals surface area contributed by atoms with Gasteiger partial charge in [-0.1, -0.05) is 30.0 Å². The third-order valence-electron chi connectivity index (χ3n) is 4.04. The second-order valence-corrected chi connectivity index (χ2v) is 8.07. The van der Waals surface area contributed by atoms with Crippen LogP contribution in [-0.2, 0) is 12.3 Å². The Labute approximate surface area is 164 Å². The van der Waals surface area contributed by atoms with Gasteiger partial charge in [0, 0.05) is 46.7 Å². The van der Waals surface area contributed by atoms with Gasteiger partial charge in [0.25, 0.3) is 5.91 Å². The van der Waals surface area contributed by atoms with Gasteiger partial charge >= 0.3 is 0 Å². The van der Waals surface area contributed by atoms with E-state index in [4.69, 9.17) is 4.42 Å². The molecule has 0 aliphatic carbocycles. The van der Waals surface area contributed by atoms with Gasteiger partial charge in [0.05, 0.1) is 0 Å². The fourth-order valence-electron chi connectivity index (χ4n) is 2.72. The van der Waals surface area contributed by atoms with Crippen molar-refractivity contribution in [1.29, 1.82) is 0 Å². The van der Waals surface area contributed by atoms with Crippen LogP contribution >= 0.6 is 23.1 Å². The van der Waals surface area contributed by atoms with Gasteiger partial charge in [-0.3, -0.25) is 9.78 Å². The number of aromatic nitrogens is 2. The third kappa shape index (κ3) is 4.04. The van der Waals surface area contributed by atoms with Crippen LogP contribution in [0.25, 0.3) is 11.0 Å². The Morgan fingerprint density at radius 2 is 2.04 bits per heavy atom.